The van der Waals surface area contributed by atoms with E-state index < -0.39 is 0 Å². The number of rotatable bonds is 7. The van der Waals surface area contributed by atoms with Gasteiger partial charge in [-0.1, -0.05) is 24.3 Å². The maximum Gasteiger partial charge on any atom is 0.174 e. The quantitative estimate of drug-likeness (QED) is 0.219. The predicted octanol–water partition coefficient (Wildman–Crippen LogP) is 7.42. The number of aryl methyl sites for hydroxylation is 2. The van der Waals surface area contributed by atoms with Gasteiger partial charge in [-0.05, 0) is 105 Å². The zero-order valence-corrected chi connectivity index (χ0v) is 23.0. The van der Waals surface area contributed by atoms with Crippen molar-refractivity contribution in [1.82, 2.24) is 14.9 Å². The second kappa shape index (κ2) is 10.4. The maximum atomic E-state index is 6.15. The fraction of sp³-hybridized carbons (Fsp3) is 0.188. The van der Waals surface area contributed by atoms with Crippen molar-refractivity contribution in [1.29, 1.82) is 0 Å². The van der Waals surface area contributed by atoms with E-state index in [0.717, 1.165) is 34.2 Å². The first-order chi connectivity index (χ1) is 19.0. The Hall–Kier alpha value is -4.36. The van der Waals surface area contributed by atoms with Gasteiger partial charge in [-0.3, -0.25) is 4.98 Å². The van der Waals surface area contributed by atoms with Crippen LogP contribution in [-0.4, -0.2) is 14.7 Å². The Morgan fingerprint density at radius 3 is 2.46 bits per heavy atom. The minimum atomic E-state index is -0.112. The van der Waals surface area contributed by atoms with Crippen molar-refractivity contribution < 1.29 is 9.15 Å². The first kappa shape index (κ1) is 24.9. The summed E-state index contributed by atoms with van der Waals surface area (Å²) < 4.78 is 14.1. The average Bonchev–Trinajstić information content (AvgIpc) is 3.66. The molecule has 0 amide bonds. The van der Waals surface area contributed by atoms with Gasteiger partial charge < -0.3 is 23.9 Å². The summed E-state index contributed by atoms with van der Waals surface area (Å²) in [6.07, 6.45) is 3.55. The summed E-state index contributed by atoms with van der Waals surface area (Å²) in [4.78, 5) is 6.90. The van der Waals surface area contributed by atoms with Gasteiger partial charge in [0.25, 0.3) is 0 Å². The van der Waals surface area contributed by atoms with Gasteiger partial charge in [0.2, 0.25) is 0 Å². The molecule has 0 saturated carbocycles. The van der Waals surface area contributed by atoms with Gasteiger partial charge in [-0.2, -0.15) is 0 Å². The van der Waals surface area contributed by atoms with E-state index >= 15 is 0 Å². The molecular formula is C32H30N4O2S. The monoisotopic (exact) mass is 534 g/mol. The molecule has 3 aromatic heterocycles. The van der Waals surface area contributed by atoms with Gasteiger partial charge in [-0.25, -0.2) is 0 Å². The molecule has 0 bridgehead atoms. The van der Waals surface area contributed by atoms with Crippen LogP contribution in [0.1, 0.15) is 46.1 Å². The fourth-order valence-corrected chi connectivity index (χ4v) is 5.70. The first-order valence-corrected chi connectivity index (χ1v) is 13.4. The van der Waals surface area contributed by atoms with Crippen molar-refractivity contribution >= 4 is 23.0 Å². The van der Waals surface area contributed by atoms with E-state index in [1.54, 1.807) is 6.26 Å². The smallest absolute Gasteiger partial charge is 0.174 e. The Bertz CT molecular complexity index is 1590. The summed E-state index contributed by atoms with van der Waals surface area (Å²) in [6.45, 7) is 7.02. The molecule has 1 N–H and O–H groups in total. The number of anilines is 1. The maximum absolute atomic E-state index is 6.15. The minimum Gasteiger partial charge on any atom is -0.467 e. The number of nitrogens with one attached hydrogen (secondary N) is 1. The molecule has 7 heteroatoms. The molecule has 2 aromatic carbocycles. The lowest BCUT2D eigenvalue weighted by atomic mass is 9.96. The van der Waals surface area contributed by atoms with Crippen LogP contribution in [0.5, 0.6) is 11.5 Å². The van der Waals surface area contributed by atoms with Crippen LogP contribution >= 0.6 is 12.2 Å². The van der Waals surface area contributed by atoms with Crippen molar-refractivity contribution in [2.75, 3.05) is 4.90 Å². The van der Waals surface area contributed by atoms with Crippen molar-refractivity contribution in [2.45, 2.75) is 39.4 Å². The number of ether oxygens (including phenoxy) is 1. The van der Waals surface area contributed by atoms with Crippen molar-refractivity contribution in [2.24, 2.45) is 0 Å². The summed E-state index contributed by atoms with van der Waals surface area (Å²) in [6, 6.07) is 28.1. The first-order valence-electron chi connectivity index (χ1n) is 13.0. The average molecular weight is 535 g/mol. The number of hydrogen-bond donors (Lipinski definition) is 1. The van der Waals surface area contributed by atoms with E-state index in [1.165, 1.54) is 17.0 Å². The molecule has 39 heavy (non-hydrogen) atoms. The molecule has 6 rings (SSSR count). The molecule has 0 spiro atoms. The summed E-state index contributed by atoms with van der Waals surface area (Å²) >= 11 is 5.94. The van der Waals surface area contributed by atoms with Gasteiger partial charge in [0.15, 0.2) is 5.11 Å². The molecule has 5 aromatic rings. The molecule has 1 aliphatic rings. The predicted molar refractivity (Wildman–Crippen MR) is 157 cm³/mol. The van der Waals surface area contributed by atoms with E-state index in [9.17, 15) is 0 Å². The normalized spacial score (nSPS) is 16.9. The number of thiocarbonyl (C=S) groups is 1. The molecule has 2 atom stereocenters. The Morgan fingerprint density at radius 2 is 1.74 bits per heavy atom. The highest BCUT2D eigenvalue weighted by Crippen LogP contribution is 2.43. The third-order valence-corrected chi connectivity index (χ3v) is 7.67. The highest BCUT2D eigenvalue weighted by atomic mass is 32.1. The Labute approximate surface area is 233 Å². The largest absolute Gasteiger partial charge is 0.467 e. The number of furan rings is 1. The molecule has 1 fully saturated rings. The topological polar surface area (TPSA) is 55.5 Å². The number of benzene rings is 2. The number of nitrogens with zero attached hydrogens (tertiary/aromatic N) is 3. The molecule has 0 unspecified atom stereocenters. The zero-order valence-electron chi connectivity index (χ0n) is 22.2. The number of para-hydroxylation sites is 1. The van der Waals surface area contributed by atoms with Crippen LogP contribution in [0, 0.1) is 20.8 Å². The van der Waals surface area contributed by atoms with Gasteiger partial charge >= 0.3 is 0 Å². The lowest BCUT2D eigenvalue weighted by molar-refractivity contribution is 0.479. The van der Waals surface area contributed by atoms with Crippen LogP contribution < -0.4 is 15.0 Å². The summed E-state index contributed by atoms with van der Waals surface area (Å²) in [5.41, 5.74) is 6.56. The fourth-order valence-electron chi connectivity index (χ4n) is 5.35. The number of pyridine rings is 1. The molecule has 1 saturated heterocycles. The van der Waals surface area contributed by atoms with Crippen molar-refractivity contribution in [3.63, 3.8) is 0 Å². The van der Waals surface area contributed by atoms with E-state index in [2.05, 4.69) is 52.9 Å². The summed E-state index contributed by atoms with van der Waals surface area (Å²) in [7, 11) is 0. The highest BCUT2D eigenvalue weighted by molar-refractivity contribution is 7.80. The van der Waals surface area contributed by atoms with Gasteiger partial charge in [0.1, 0.15) is 17.3 Å². The van der Waals surface area contributed by atoms with Crippen LogP contribution in [-0.2, 0) is 6.54 Å². The Morgan fingerprint density at radius 1 is 0.949 bits per heavy atom. The third-order valence-electron chi connectivity index (χ3n) is 7.36. The highest BCUT2D eigenvalue weighted by Gasteiger charge is 2.42. The number of hydrogen-bond acceptors (Lipinski definition) is 4. The minimum absolute atomic E-state index is 0.0907. The van der Waals surface area contributed by atoms with Crippen molar-refractivity contribution in [3.05, 3.63) is 131 Å². The van der Waals surface area contributed by atoms with Crippen LogP contribution in [0.15, 0.2) is 102 Å². The van der Waals surface area contributed by atoms with Crippen LogP contribution in [0.4, 0.5) is 5.69 Å². The van der Waals surface area contributed by atoms with Gasteiger partial charge in [-0.15, -0.1) is 0 Å². The molecule has 0 radical (unpaired) electrons. The lowest BCUT2D eigenvalue weighted by Gasteiger charge is -2.28. The van der Waals surface area contributed by atoms with Crippen LogP contribution in [0.3, 0.4) is 0 Å². The standard InChI is InChI=1S/C32H30N4O2S/c1-21-9-4-5-12-29(21)38-25-15-13-24(14-16-25)36-31(30(34-32(36)39)28-11-6-7-17-33-28)27-19-22(2)35(23(27)3)20-26-10-8-18-37-26/h4-19,30-31H,20H2,1-3H3,(H,34,39)/t30-,31-/m0/s1. The summed E-state index contributed by atoms with van der Waals surface area (Å²) in [5, 5.41) is 4.23. The molecule has 196 valence electrons. The van der Waals surface area contributed by atoms with Crippen LogP contribution in [0.25, 0.3) is 0 Å². The Kier molecular flexibility index (Phi) is 6.67. The molecule has 1 aliphatic heterocycles. The van der Waals surface area contributed by atoms with Gasteiger partial charge in [0, 0.05) is 23.3 Å². The third kappa shape index (κ3) is 4.81. The zero-order chi connectivity index (χ0) is 26.9. The van der Waals surface area contributed by atoms with Gasteiger partial charge in [0.05, 0.1) is 30.6 Å². The number of aromatic nitrogens is 2. The SMILES string of the molecule is Cc1ccccc1Oc1ccc(N2C(=S)N[C@@H](c3ccccn3)[C@@H]2c2cc(C)n(Cc3ccco3)c2C)cc1. The van der Waals surface area contributed by atoms with Crippen LogP contribution in [0.2, 0.25) is 0 Å². The Balaban J connectivity index is 1.38. The van der Waals surface area contributed by atoms with E-state index in [1.807, 2.05) is 73.8 Å². The van der Waals surface area contributed by atoms with E-state index in [4.69, 9.17) is 26.4 Å². The molecular weight excluding hydrogens is 504 g/mol. The molecule has 6 nitrogen and oxygen atoms in total. The van der Waals surface area contributed by atoms with E-state index in [-0.39, 0.29) is 12.1 Å². The second-order valence-electron chi connectivity index (χ2n) is 9.85. The van der Waals surface area contributed by atoms with E-state index in [0.29, 0.717) is 11.7 Å². The lowest BCUT2D eigenvalue weighted by Crippen LogP contribution is -2.29. The second-order valence-corrected chi connectivity index (χ2v) is 10.2. The molecule has 4 heterocycles. The summed E-state index contributed by atoms with van der Waals surface area (Å²) in [5.74, 6) is 2.55. The van der Waals surface area contributed by atoms with Crippen molar-refractivity contribution in [3.8, 4) is 11.5 Å². The molecule has 0 aliphatic carbocycles.